The van der Waals surface area contributed by atoms with Crippen LogP contribution in [-0.4, -0.2) is 68.9 Å². The van der Waals surface area contributed by atoms with Crippen LogP contribution in [0.25, 0.3) is 0 Å². The predicted octanol–water partition coefficient (Wildman–Crippen LogP) is 1.27. The van der Waals surface area contributed by atoms with Crippen LogP contribution in [0.1, 0.15) is 29.6 Å². The van der Waals surface area contributed by atoms with Crippen molar-refractivity contribution in [1.82, 2.24) is 9.21 Å². The molecular formula is C18H24N2O6S. The van der Waals surface area contributed by atoms with Crippen molar-refractivity contribution in [3.05, 3.63) is 23.8 Å². The first-order chi connectivity index (χ1) is 12.6. The zero-order valence-electron chi connectivity index (χ0n) is 15.6. The van der Waals surface area contributed by atoms with E-state index in [2.05, 4.69) is 0 Å². The summed E-state index contributed by atoms with van der Waals surface area (Å²) in [6, 6.07) is 4.27. The summed E-state index contributed by atoms with van der Waals surface area (Å²) in [7, 11) is 0.377. The number of fused-ring (bicyclic) bond motifs is 1. The van der Waals surface area contributed by atoms with Gasteiger partial charge in [0.2, 0.25) is 10.0 Å². The SMILES string of the molecule is COc1ccc(C(=O)N2C[C@@H]3CCC[C@@]3(C(=O)O)C2)cc1S(=O)(=O)N(C)C. The molecule has 27 heavy (non-hydrogen) atoms. The topological polar surface area (TPSA) is 104 Å². The van der Waals surface area contributed by atoms with Gasteiger partial charge in [-0.3, -0.25) is 9.59 Å². The van der Waals surface area contributed by atoms with Gasteiger partial charge in [0.25, 0.3) is 5.91 Å². The van der Waals surface area contributed by atoms with Gasteiger partial charge in [0.15, 0.2) is 0 Å². The highest BCUT2D eigenvalue weighted by atomic mass is 32.2. The number of carbonyl (C=O) groups is 2. The van der Waals surface area contributed by atoms with Crippen molar-refractivity contribution in [3.63, 3.8) is 0 Å². The van der Waals surface area contributed by atoms with Gasteiger partial charge < -0.3 is 14.7 Å². The largest absolute Gasteiger partial charge is 0.495 e. The number of sulfonamides is 1. The van der Waals surface area contributed by atoms with Gasteiger partial charge in [-0.2, -0.15) is 0 Å². The van der Waals surface area contributed by atoms with E-state index < -0.39 is 21.4 Å². The van der Waals surface area contributed by atoms with Crippen molar-refractivity contribution in [2.75, 3.05) is 34.3 Å². The minimum absolute atomic E-state index is 0.0535. The molecule has 8 nitrogen and oxygen atoms in total. The number of carbonyl (C=O) groups excluding carboxylic acids is 1. The van der Waals surface area contributed by atoms with Crippen LogP contribution in [0.15, 0.2) is 23.1 Å². The van der Waals surface area contributed by atoms with Gasteiger partial charge in [0.1, 0.15) is 10.6 Å². The minimum Gasteiger partial charge on any atom is -0.495 e. The highest BCUT2D eigenvalue weighted by Gasteiger charge is 2.55. The Kier molecular flexibility index (Phi) is 4.94. The number of amides is 1. The normalized spacial score (nSPS) is 24.9. The number of carboxylic acids is 1. The molecule has 9 heteroatoms. The number of rotatable bonds is 5. The fourth-order valence-corrected chi connectivity index (χ4v) is 5.26. The van der Waals surface area contributed by atoms with E-state index in [1.54, 1.807) is 0 Å². The molecule has 1 aromatic rings. The van der Waals surface area contributed by atoms with E-state index >= 15 is 0 Å². The van der Waals surface area contributed by atoms with Crippen LogP contribution in [0.2, 0.25) is 0 Å². The molecule has 1 saturated heterocycles. The summed E-state index contributed by atoms with van der Waals surface area (Å²) in [4.78, 5) is 26.2. The molecule has 1 aliphatic carbocycles. The molecule has 1 amide bonds. The Morgan fingerprint density at radius 2 is 2.04 bits per heavy atom. The molecule has 0 unspecified atom stereocenters. The minimum atomic E-state index is -3.80. The highest BCUT2D eigenvalue weighted by Crippen LogP contribution is 2.49. The monoisotopic (exact) mass is 396 g/mol. The van der Waals surface area contributed by atoms with Crippen LogP contribution in [-0.2, 0) is 14.8 Å². The second-order valence-corrected chi connectivity index (χ2v) is 9.51. The van der Waals surface area contributed by atoms with E-state index in [-0.39, 0.29) is 34.6 Å². The molecule has 148 valence electrons. The first-order valence-electron chi connectivity index (χ1n) is 8.77. The lowest BCUT2D eigenvalue weighted by Crippen LogP contribution is -2.37. The third-order valence-electron chi connectivity index (χ3n) is 5.75. The Balaban J connectivity index is 1.94. The lowest BCUT2D eigenvalue weighted by molar-refractivity contribution is -0.149. The van der Waals surface area contributed by atoms with Gasteiger partial charge in [0, 0.05) is 32.7 Å². The highest BCUT2D eigenvalue weighted by molar-refractivity contribution is 7.89. The van der Waals surface area contributed by atoms with E-state index in [1.165, 1.54) is 44.3 Å². The van der Waals surface area contributed by atoms with Crippen LogP contribution in [0.5, 0.6) is 5.75 Å². The number of hydrogen-bond donors (Lipinski definition) is 1. The Morgan fingerprint density at radius 3 is 2.59 bits per heavy atom. The molecule has 0 bridgehead atoms. The number of benzene rings is 1. The van der Waals surface area contributed by atoms with Gasteiger partial charge in [-0.15, -0.1) is 0 Å². The van der Waals surface area contributed by atoms with Crippen LogP contribution in [0.4, 0.5) is 0 Å². The van der Waals surface area contributed by atoms with Gasteiger partial charge in [-0.1, -0.05) is 6.42 Å². The number of nitrogens with zero attached hydrogens (tertiary/aromatic N) is 2. The summed E-state index contributed by atoms with van der Waals surface area (Å²) >= 11 is 0. The first kappa shape index (κ1) is 19.6. The average molecular weight is 396 g/mol. The molecule has 1 aliphatic heterocycles. The zero-order chi connectivity index (χ0) is 20.0. The Morgan fingerprint density at radius 1 is 1.33 bits per heavy atom. The molecule has 3 rings (SSSR count). The quantitative estimate of drug-likeness (QED) is 0.804. The summed E-state index contributed by atoms with van der Waals surface area (Å²) < 4.78 is 31.3. The summed E-state index contributed by atoms with van der Waals surface area (Å²) in [5, 5.41) is 9.69. The van der Waals surface area contributed by atoms with E-state index in [4.69, 9.17) is 4.74 Å². The third-order valence-corrected chi connectivity index (χ3v) is 7.59. The van der Waals surface area contributed by atoms with Gasteiger partial charge in [0.05, 0.1) is 12.5 Å². The molecule has 0 radical (unpaired) electrons. The van der Waals surface area contributed by atoms with Crippen LogP contribution in [0, 0.1) is 11.3 Å². The number of likely N-dealkylation sites (tertiary alicyclic amines) is 1. The predicted molar refractivity (Wildman–Crippen MR) is 97.2 cm³/mol. The van der Waals surface area contributed by atoms with Crippen molar-refractivity contribution in [1.29, 1.82) is 0 Å². The Labute approximate surface area is 158 Å². The van der Waals surface area contributed by atoms with Crippen LogP contribution in [0.3, 0.4) is 0 Å². The third kappa shape index (κ3) is 3.08. The molecule has 1 heterocycles. The fraction of sp³-hybridized carbons (Fsp3) is 0.556. The second-order valence-electron chi connectivity index (χ2n) is 7.39. The van der Waals surface area contributed by atoms with E-state index in [9.17, 15) is 23.1 Å². The van der Waals surface area contributed by atoms with Gasteiger partial charge >= 0.3 is 5.97 Å². The molecule has 0 aromatic heterocycles. The maximum atomic E-state index is 13.0. The molecule has 1 aromatic carbocycles. The molecule has 2 fully saturated rings. The van der Waals surface area contributed by atoms with Crippen molar-refractivity contribution in [3.8, 4) is 5.75 Å². The number of hydrogen-bond acceptors (Lipinski definition) is 5. The Hall–Kier alpha value is -2.13. The number of aliphatic carboxylic acids is 1. The van der Waals surface area contributed by atoms with Crippen LogP contribution < -0.4 is 4.74 Å². The molecule has 2 aliphatic rings. The fourth-order valence-electron chi connectivity index (χ4n) is 4.18. The summed E-state index contributed by atoms with van der Waals surface area (Å²) in [6.07, 6.45) is 2.21. The standard InChI is InChI=1S/C18H24N2O6S/c1-19(2)27(24,25)15-9-12(6-7-14(15)26-3)16(21)20-10-13-5-4-8-18(13,11-20)17(22)23/h6-7,9,13H,4-5,8,10-11H2,1-3H3,(H,22,23)/t13-,18+/m0/s1. The number of ether oxygens (including phenoxy) is 1. The first-order valence-corrected chi connectivity index (χ1v) is 10.2. The maximum Gasteiger partial charge on any atom is 0.311 e. The van der Waals surface area contributed by atoms with E-state index in [0.717, 1.165) is 17.1 Å². The Bertz CT molecular complexity index is 882. The van der Waals surface area contributed by atoms with Gasteiger partial charge in [-0.05, 0) is 37.0 Å². The summed E-state index contributed by atoms with van der Waals surface area (Å²) in [5.41, 5.74) is -0.669. The molecule has 1 saturated carbocycles. The van der Waals surface area contributed by atoms with Crippen molar-refractivity contribution in [2.24, 2.45) is 11.3 Å². The van der Waals surface area contributed by atoms with Gasteiger partial charge in [-0.25, -0.2) is 12.7 Å². The molecule has 1 N–H and O–H groups in total. The molecule has 2 atom stereocenters. The molecular weight excluding hydrogens is 372 g/mol. The van der Waals surface area contributed by atoms with Crippen molar-refractivity contribution in [2.45, 2.75) is 24.2 Å². The lowest BCUT2D eigenvalue weighted by Gasteiger charge is -2.23. The smallest absolute Gasteiger partial charge is 0.311 e. The second kappa shape index (κ2) is 6.79. The number of methoxy groups -OCH3 is 1. The summed E-state index contributed by atoms with van der Waals surface area (Å²) in [6.45, 7) is 0.542. The van der Waals surface area contributed by atoms with E-state index in [1.807, 2.05) is 0 Å². The zero-order valence-corrected chi connectivity index (χ0v) is 16.5. The maximum absolute atomic E-state index is 13.0. The molecule has 0 spiro atoms. The lowest BCUT2D eigenvalue weighted by atomic mass is 9.81. The summed E-state index contributed by atoms with van der Waals surface area (Å²) in [5.74, 6) is -1.11. The van der Waals surface area contributed by atoms with Crippen LogP contribution >= 0.6 is 0 Å². The van der Waals surface area contributed by atoms with E-state index in [0.29, 0.717) is 13.0 Å². The number of carboxylic acid groups (broad SMARTS) is 1. The average Bonchev–Trinajstić information content (AvgIpc) is 3.18. The van der Waals surface area contributed by atoms with Crippen molar-refractivity contribution < 1.29 is 27.9 Å². The van der Waals surface area contributed by atoms with Crippen molar-refractivity contribution >= 4 is 21.9 Å².